The van der Waals surface area contributed by atoms with Crippen molar-refractivity contribution in [1.29, 1.82) is 0 Å². The first-order valence-corrected chi connectivity index (χ1v) is 7.48. The third-order valence-electron chi connectivity index (χ3n) is 2.57. The van der Waals surface area contributed by atoms with Crippen LogP contribution in [-0.4, -0.2) is 24.0 Å². The SMILES string of the molecule is CC(C)n1nc(Br)c2c1CCS(=O)(=O)C2. The van der Waals surface area contributed by atoms with Crippen LogP contribution in [-0.2, 0) is 22.0 Å². The van der Waals surface area contributed by atoms with Crippen molar-refractivity contribution in [1.82, 2.24) is 9.78 Å². The molecule has 1 aromatic heterocycles. The number of hydrogen-bond donors (Lipinski definition) is 0. The number of nitrogens with zero attached hydrogens (tertiary/aromatic N) is 2. The number of fused-ring (bicyclic) bond motifs is 1. The third kappa shape index (κ3) is 1.97. The fraction of sp³-hybridized carbons (Fsp3) is 0.667. The van der Waals surface area contributed by atoms with Crippen LogP contribution < -0.4 is 0 Å². The Bertz CT molecular complexity index is 490. The second-order valence-electron chi connectivity index (χ2n) is 4.10. The molecule has 0 saturated heterocycles. The van der Waals surface area contributed by atoms with Gasteiger partial charge >= 0.3 is 0 Å². The van der Waals surface area contributed by atoms with Crippen molar-refractivity contribution in [3.63, 3.8) is 0 Å². The molecule has 0 N–H and O–H groups in total. The summed E-state index contributed by atoms with van der Waals surface area (Å²) >= 11 is 3.33. The van der Waals surface area contributed by atoms with Crippen LogP contribution in [0.2, 0.25) is 0 Å². The van der Waals surface area contributed by atoms with E-state index in [9.17, 15) is 8.42 Å². The van der Waals surface area contributed by atoms with Gasteiger partial charge in [-0.15, -0.1) is 0 Å². The van der Waals surface area contributed by atoms with Gasteiger partial charge in [0.05, 0.1) is 11.5 Å². The summed E-state index contributed by atoms with van der Waals surface area (Å²) in [5, 5.41) is 4.33. The van der Waals surface area contributed by atoms with E-state index in [2.05, 4.69) is 21.0 Å². The van der Waals surface area contributed by atoms with Crippen molar-refractivity contribution in [2.75, 3.05) is 5.75 Å². The van der Waals surface area contributed by atoms with Gasteiger partial charge in [0.1, 0.15) is 4.60 Å². The van der Waals surface area contributed by atoms with Crippen LogP contribution in [0.4, 0.5) is 0 Å². The maximum Gasteiger partial charge on any atom is 0.155 e. The zero-order valence-corrected chi connectivity index (χ0v) is 11.1. The van der Waals surface area contributed by atoms with Crippen LogP contribution >= 0.6 is 15.9 Å². The van der Waals surface area contributed by atoms with E-state index in [-0.39, 0.29) is 17.5 Å². The molecule has 1 aromatic rings. The summed E-state index contributed by atoms with van der Waals surface area (Å²) in [6.07, 6.45) is 0.578. The van der Waals surface area contributed by atoms with E-state index in [0.29, 0.717) is 11.0 Å². The third-order valence-corrected chi connectivity index (χ3v) is 4.76. The van der Waals surface area contributed by atoms with Gasteiger partial charge in [-0.2, -0.15) is 5.10 Å². The number of sulfone groups is 1. The van der Waals surface area contributed by atoms with Crippen LogP contribution in [0.1, 0.15) is 31.1 Å². The van der Waals surface area contributed by atoms with E-state index in [4.69, 9.17) is 0 Å². The van der Waals surface area contributed by atoms with Gasteiger partial charge < -0.3 is 0 Å². The van der Waals surface area contributed by atoms with E-state index in [1.807, 2.05) is 18.5 Å². The van der Waals surface area contributed by atoms with Crippen LogP contribution in [0.5, 0.6) is 0 Å². The predicted octanol–water partition coefficient (Wildman–Crippen LogP) is 1.70. The van der Waals surface area contributed by atoms with E-state index in [1.165, 1.54) is 0 Å². The Labute approximate surface area is 97.7 Å². The van der Waals surface area contributed by atoms with Crippen LogP contribution in [0.3, 0.4) is 0 Å². The lowest BCUT2D eigenvalue weighted by atomic mass is 10.2. The first kappa shape index (κ1) is 11.1. The first-order chi connectivity index (χ1) is 6.91. The zero-order chi connectivity index (χ0) is 11.2. The normalized spacial score (nSPS) is 19.2. The Hall–Kier alpha value is -0.360. The summed E-state index contributed by atoms with van der Waals surface area (Å²) < 4.78 is 25.6. The van der Waals surface area contributed by atoms with Crippen molar-refractivity contribution in [3.05, 3.63) is 15.9 Å². The molecular formula is C9H13BrN2O2S. The zero-order valence-electron chi connectivity index (χ0n) is 8.70. The van der Waals surface area contributed by atoms with E-state index in [0.717, 1.165) is 11.3 Å². The molecule has 0 spiro atoms. The average molecular weight is 293 g/mol. The lowest BCUT2D eigenvalue weighted by Gasteiger charge is -2.16. The molecule has 15 heavy (non-hydrogen) atoms. The first-order valence-electron chi connectivity index (χ1n) is 4.87. The highest BCUT2D eigenvalue weighted by Crippen LogP contribution is 2.29. The Kier molecular flexibility index (Phi) is 2.66. The Morgan fingerprint density at radius 1 is 1.47 bits per heavy atom. The highest BCUT2D eigenvalue weighted by Gasteiger charge is 2.28. The van der Waals surface area contributed by atoms with Gasteiger partial charge in [-0.3, -0.25) is 4.68 Å². The minimum Gasteiger partial charge on any atom is -0.266 e. The van der Waals surface area contributed by atoms with Gasteiger partial charge in [-0.1, -0.05) is 0 Å². The molecule has 2 heterocycles. The van der Waals surface area contributed by atoms with Crippen LogP contribution in [0.25, 0.3) is 0 Å². The summed E-state index contributed by atoms with van der Waals surface area (Å²) in [5.74, 6) is 0.362. The van der Waals surface area contributed by atoms with E-state index in [1.54, 1.807) is 0 Å². The van der Waals surface area contributed by atoms with Gasteiger partial charge in [-0.25, -0.2) is 8.42 Å². The molecular weight excluding hydrogens is 280 g/mol. The minimum absolute atomic E-state index is 0.121. The van der Waals surface area contributed by atoms with E-state index < -0.39 is 9.84 Å². The number of rotatable bonds is 1. The molecule has 1 aliphatic rings. The second kappa shape index (κ2) is 3.59. The molecule has 6 heteroatoms. The van der Waals surface area contributed by atoms with Crippen LogP contribution in [0.15, 0.2) is 4.60 Å². The summed E-state index contributed by atoms with van der Waals surface area (Å²) in [6, 6.07) is 0.269. The van der Waals surface area contributed by atoms with Crippen molar-refractivity contribution in [2.45, 2.75) is 32.1 Å². The molecule has 0 aliphatic carbocycles. The molecule has 0 aromatic carbocycles. The Balaban J connectivity index is 2.54. The molecule has 0 unspecified atom stereocenters. The van der Waals surface area contributed by atoms with Crippen molar-refractivity contribution in [3.8, 4) is 0 Å². The summed E-state index contributed by atoms with van der Waals surface area (Å²) in [5.41, 5.74) is 1.90. The second-order valence-corrected chi connectivity index (χ2v) is 7.03. The van der Waals surface area contributed by atoms with Gasteiger partial charge in [0.25, 0.3) is 0 Å². The van der Waals surface area contributed by atoms with Gasteiger partial charge in [0.15, 0.2) is 9.84 Å². The van der Waals surface area contributed by atoms with Gasteiger partial charge in [0.2, 0.25) is 0 Å². The quantitative estimate of drug-likeness (QED) is 0.792. The fourth-order valence-electron chi connectivity index (χ4n) is 1.85. The molecule has 0 radical (unpaired) electrons. The summed E-state index contributed by atoms with van der Waals surface area (Å²) in [6.45, 7) is 4.09. The molecule has 84 valence electrons. The maximum absolute atomic E-state index is 11.5. The van der Waals surface area contributed by atoms with Crippen molar-refractivity contribution in [2.24, 2.45) is 0 Å². The molecule has 0 amide bonds. The molecule has 0 saturated carbocycles. The minimum atomic E-state index is -2.91. The fourth-order valence-corrected chi connectivity index (χ4v) is 3.97. The highest BCUT2D eigenvalue weighted by atomic mass is 79.9. The largest absolute Gasteiger partial charge is 0.266 e. The Morgan fingerprint density at radius 2 is 2.13 bits per heavy atom. The van der Waals surface area contributed by atoms with Crippen LogP contribution in [0, 0.1) is 0 Å². The maximum atomic E-state index is 11.5. The average Bonchev–Trinajstić information content (AvgIpc) is 2.42. The summed E-state index contributed by atoms with van der Waals surface area (Å²) in [7, 11) is -2.91. The number of aromatic nitrogens is 2. The van der Waals surface area contributed by atoms with Crippen molar-refractivity contribution >= 4 is 25.8 Å². The van der Waals surface area contributed by atoms with E-state index >= 15 is 0 Å². The number of hydrogen-bond acceptors (Lipinski definition) is 3. The lowest BCUT2D eigenvalue weighted by Crippen LogP contribution is -2.21. The predicted molar refractivity (Wildman–Crippen MR) is 61.5 cm³/mol. The van der Waals surface area contributed by atoms with Gasteiger partial charge in [0, 0.05) is 23.7 Å². The van der Waals surface area contributed by atoms with Gasteiger partial charge in [-0.05, 0) is 29.8 Å². The molecule has 1 aliphatic heterocycles. The lowest BCUT2D eigenvalue weighted by molar-refractivity contribution is 0.506. The molecule has 4 nitrogen and oxygen atoms in total. The monoisotopic (exact) mass is 292 g/mol. The number of halogens is 1. The molecule has 0 atom stereocenters. The molecule has 0 bridgehead atoms. The van der Waals surface area contributed by atoms with Crippen molar-refractivity contribution < 1.29 is 8.42 Å². The molecule has 0 fully saturated rings. The standard InChI is InChI=1S/C9H13BrN2O2S/c1-6(2)12-8-3-4-15(13,14)5-7(8)9(10)11-12/h6H,3-5H2,1-2H3. The Morgan fingerprint density at radius 3 is 2.73 bits per heavy atom. The topological polar surface area (TPSA) is 52.0 Å². The highest BCUT2D eigenvalue weighted by molar-refractivity contribution is 9.10. The molecule has 2 rings (SSSR count). The smallest absolute Gasteiger partial charge is 0.155 e. The summed E-state index contributed by atoms with van der Waals surface area (Å²) in [4.78, 5) is 0.